The molecule has 0 aliphatic rings. The van der Waals surface area contributed by atoms with Crippen LogP contribution in [-0.4, -0.2) is 31.3 Å². The smallest absolute Gasteiger partial charge is 0.191 e. The van der Waals surface area contributed by atoms with Gasteiger partial charge in [0.2, 0.25) is 0 Å². The molecule has 0 aliphatic heterocycles. The summed E-state index contributed by atoms with van der Waals surface area (Å²) in [6.45, 7) is 10.5. The lowest BCUT2D eigenvalue weighted by atomic mass is 10.1. The molecule has 1 heterocycles. The highest BCUT2D eigenvalue weighted by Gasteiger charge is 2.13. The molecule has 0 atom stereocenters. The maximum absolute atomic E-state index is 5.46. The number of aryl methyl sites for hydroxylation is 3. The van der Waals surface area contributed by atoms with Gasteiger partial charge in [-0.05, 0) is 38.3 Å². The van der Waals surface area contributed by atoms with Crippen molar-refractivity contribution < 1.29 is 9.26 Å². The molecule has 7 heteroatoms. The maximum atomic E-state index is 5.46. The summed E-state index contributed by atoms with van der Waals surface area (Å²) < 4.78 is 10.9. The molecule has 0 radical (unpaired) electrons. The molecule has 0 saturated carbocycles. The van der Waals surface area contributed by atoms with Crippen LogP contribution in [0, 0.1) is 6.92 Å². The second kappa shape index (κ2) is 12.6. The SMILES string of the molecule is CCNC(=NCc1c(CC)noc1CC)NCCc1cc(C)ccc1OC.I. The third kappa shape index (κ3) is 6.68. The van der Waals surface area contributed by atoms with Gasteiger partial charge in [0, 0.05) is 25.1 Å². The number of rotatable bonds is 9. The molecule has 0 bridgehead atoms. The molecule has 6 nitrogen and oxygen atoms in total. The van der Waals surface area contributed by atoms with E-state index < -0.39 is 0 Å². The third-order valence-corrected chi connectivity index (χ3v) is 4.47. The van der Waals surface area contributed by atoms with Gasteiger partial charge >= 0.3 is 0 Å². The molecule has 28 heavy (non-hydrogen) atoms. The molecule has 0 spiro atoms. The standard InChI is InChI=1S/C21H32N4O2.HI/c1-6-18-17(19(7-2)27-25-18)14-24-21(22-8-3)23-12-11-16-13-15(4)9-10-20(16)26-5;/h9-10,13H,6-8,11-12,14H2,1-5H3,(H2,22,23,24);1H. The van der Waals surface area contributed by atoms with E-state index in [1.54, 1.807) is 7.11 Å². The highest BCUT2D eigenvalue weighted by molar-refractivity contribution is 14.0. The van der Waals surface area contributed by atoms with Gasteiger partial charge in [0.05, 0.1) is 19.3 Å². The van der Waals surface area contributed by atoms with Gasteiger partial charge in [0.15, 0.2) is 5.96 Å². The van der Waals surface area contributed by atoms with Gasteiger partial charge in [-0.2, -0.15) is 0 Å². The van der Waals surface area contributed by atoms with Crippen molar-refractivity contribution in [1.29, 1.82) is 0 Å². The first-order chi connectivity index (χ1) is 13.1. The number of guanidine groups is 1. The van der Waals surface area contributed by atoms with Gasteiger partial charge in [-0.15, -0.1) is 24.0 Å². The van der Waals surface area contributed by atoms with Gasteiger partial charge < -0.3 is 19.9 Å². The molecule has 156 valence electrons. The Labute approximate surface area is 185 Å². The van der Waals surface area contributed by atoms with Crippen LogP contribution in [0.1, 0.15) is 48.9 Å². The predicted molar refractivity (Wildman–Crippen MR) is 125 cm³/mol. The van der Waals surface area contributed by atoms with Crippen LogP contribution < -0.4 is 15.4 Å². The van der Waals surface area contributed by atoms with Crippen molar-refractivity contribution in [2.24, 2.45) is 4.99 Å². The minimum Gasteiger partial charge on any atom is -0.496 e. The van der Waals surface area contributed by atoms with Gasteiger partial charge in [-0.1, -0.05) is 36.7 Å². The molecule has 2 aromatic rings. The maximum Gasteiger partial charge on any atom is 0.191 e. The summed E-state index contributed by atoms with van der Waals surface area (Å²) in [6, 6.07) is 6.26. The van der Waals surface area contributed by atoms with E-state index in [2.05, 4.69) is 55.6 Å². The zero-order chi connectivity index (χ0) is 19.6. The molecule has 0 unspecified atom stereocenters. The molecule has 0 fully saturated rings. The zero-order valence-corrected chi connectivity index (χ0v) is 19.9. The van der Waals surface area contributed by atoms with Crippen LogP contribution in [0.4, 0.5) is 0 Å². The second-order valence-electron chi connectivity index (χ2n) is 6.43. The Balaban J connectivity index is 0.00000392. The zero-order valence-electron chi connectivity index (χ0n) is 17.6. The monoisotopic (exact) mass is 500 g/mol. The first kappa shape index (κ1) is 24.3. The van der Waals surface area contributed by atoms with E-state index in [0.29, 0.717) is 6.54 Å². The van der Waals surface area contributed by atoms with Crippen LogP contribution in [0.5, 0.6) is 5.75 Å². The second-order valence-corrected chi connectivity index (χ2v) is 6.43. The van der Waals surface area contributed by atoms with Crippen molar-refractivity contribution in [2.75, 3.05) is 20.2 Å². The quantitative estimate of drug-likeness (QED) is 0.309. The summed E-state index contributed by atoms with van der Waals surface area (Å²) in [4.78, 5) is 4.73. The Morgan fingerprint density at radius 3 is 2.61 bits per heavy atom. The van der Waals surface area contributed by atoms with Crippen molar-refractivity contribution in [1.82, 2.24) is 15.8 Å². The van der Waals surface area contributed by atoms with E-state index >= 15 is 0 Å². The molecule has 1 aromatic carbocycles. The van der Waals surface area contributed by atoms with Crippen LogP contribution in [0.2, 0.25) is 0 Å². The summed E-state index contributed by atoms with van der Waals surface area (Å²) in [5.41, 5.74) is 4.54. The van der Waals surface area contributed by atoms with E-state index in [0.717, 1.165) is 61.1 Å². The lowest BCUT2D eigenvalue weighted by molar-refractivity contribution is 0.380. The van der Waals surface area contributed by atoms with E-state index in [1.165, 1.54) is 11.1 Å². The minimum atomic E-state index is 0. The summed E-state index contributed by atoms with van der Waals surface area (Å²) in [6.07, 6.45) is 2.55. The van der Waals surface area contributed by atoms with Crippen LogP contribution >= 0.6 is 24.0 Å². The van der Waals surface area contributed by atoms with E-state index in [9.17, 15) is 0 Å². The number of nitrogens with zero attached hydrogens (tertiary/aromatic N) is 2. The van der Waals surface area contributed by atoms with Crippen molar-refractivity contribution in [3.05, 3.63) is 46.3 Å². The van der Waals surface area contributed by atoms with Crippen molar-refractivity contribution in [3.8, 4) is 5.75 Å². The number of halogens is 1. The average Bonchev–Trinajstić information content (AvgIpc) is 3.08. The Morgan fingerprint density at radius 1 is 1.18 bits per heavy atom. The molecule has 0 amide bonds. The molecular weight excluding hydrogens is 467 g/mol. The fraction of sp³-hybridized carbons (Fsp3) is 0.524. The number of hydrogen-bond acceptors (Lipinski definition) is 4. The van der Waals surface area contributed by atoms with Crippen LogP contribution in [0.15, 0.2) is 27.7 Å². The summed E-state index contributed by atoms with van der Waals surface area (Å²) in [5, 5.41) is 10.9. The molecule has 2 rings (SSSR count). The van der Waals surface area contributed by atoms with E-state index in [-0.39, 0.29) is 24.0 Å². The van der Waals surface area contributed by atoms with Crippen molar-refractivity contribution in [2.45, 2.75) is 53.5 Å². The molecule has 0 saturated heterocycles. The normalized spacial score (nSPS) is 11.1. The predicted octanol–water partition coefficient (Wildman–Crippen LogP) is 4.03. The fourth-order valence-electron chi connectivity index (χ4n) is 3.03. The summed E-state index contributed by atoms with van der Waals surface area (Å²) in [5.74, 6) is 2.65. The van der Waals surface area contributed by atoms with Crippen LogP contribution in [0.3, 0.4) is 0 Å². The molecule has 2 N–H and O–H groups in total. The summed E-state index contributed by atoms with van der Waals surface area (Å²) >= 11 is 0. The van der Waals surface area contributed by atoms with E-state index in [1.807, 2.05) is 6.07 Å². The number of nitrogens with one attached hydrogen (secondary N) is 2. The first-order valence-electron chi connectivity index (χ1n) is 9.74. The number of benzene rings is 1. The lowest BCUT2D eigenvalue weighted by Gasteiger charge is -2.13. The van der Waals surface area contributed by atoms with Gasteiger partial charge in [0.25, 0.3) is 0 Å². The topological polar surface area (TPSA) is 71.7 Å². The average molecular weight is 500 g/mol. The highest BCUT2D eigenvalue weighted by atomic mass is 127. The lowest BCUT2D eigenvalue weighted by Crippen LogP contribution is -2.38. The third-order valence-electron chi connectivity index (χ3n) is 4.47. The largest absolute Gasteiger partial charge is 0.496 e. The van der Waals surface area contributed by atoms with Crippen LogP contribution in [-0.2, 0) is 25.8 Å². The van der Waals surface area contributed by atoms with Gasteiger partial charge in [-0.3, -0.25) is 0 Å². The minimum absolute atomic E-state index is 0. The van der Waals surface area contributed by atoms with Gasteiger partial charge in [-0.25, -0.2) is 4.99 Å². The molecule has 1 aromatic heterocycles. The number of aliphatic imine (C=N–C) groups is 1. The first-order valence-corrected chi connectivity index (χ1v) is 9.74. The Hall–Kier alpha value is -1.77. The highest BCUT2D eigenvalue weighted by Crippen LogP contribution is 2.20. The number of hydrogen-bond donors (Lipinski definition) is 2. The van der Waals surface area contributed by atoms with Gasteiger partial charge in [0.1, 0.15) is 11.5 Å². The van der Waals surface area contributed by atoms with Crippen molar-refractivity contribution in [3.63, 3.8) is 0 Å². The molecule has 0 aliphatic carbocycles. The Bertz CT molecular complexity index is 737. The Kier molecular flexibility index (Phi) is 11.0. The van der Waals surface area contributed by atoms with Crippen LogP contribution in [0.25, 0.3) is 0 Å². The number of ether oxygens (including phenoxy) is 1. The Morgan fingerprint density at radius 2 is 1.96 bits per heavy atom. The van der Waals surface area contributed by atoms with E-state index in [4.69, 9.17) is 14.3 Å². The fourth-order valence-corrected chi connectivity index (χ4v) is 3.03. The number of aromatic nitrogens is 1. The summed E-state index contributed by atoms with van der Waals surface area (Å²) in [7, 11) is 1.71. The molecular formula is C21H33IN4O2. The number of methoxy groups -OCH3 is 1. The van der Waals surface area contributed by atoms with Crippen molar-refractivity contribution >= 4 is 29.9 Å².